The van der Waals surface area contributed by atoms with E-state index in [0.29, 0.717) is 31.7 Å². The van der Waals surface area contributed by atoms with Crippen LogP contribution in [-0.2, 0) is 16.1 Å². The maximum absolute atomic E-state index is 13.1. The SMILES string of the molecule is Fc1cnc(N2CCO[C@]3(CCC[C@@H]3COCc3ccccn3)C2)nc1. The summed E-state index contributed by atoms with van der Waals surface area (Å²) in [6.07, 6.45) is 7.41. The van der Waals surface area contributed by atoms with Gasteiger partial charge in [-0.2, -0.15) is 0 Å². The fourth-order valence-corrected chi connectivity index (χ4v) is 3.98. The summed E-state index contributed by atoms with van der Waals surface area (Å²) in [4.78, 5) is 14.6. The van der Waals surface area contributed by atoms with Gasteiger partial charge in [-0.1, -0.05) is 12.5 Å². The topological polar surface area (TPSA) is 60.4 Å². The van der Waals surface area contributed by atoms with Crippen LogP contribution in [0.25, 0.3) is 0 Å². The van der Waals surface area contributed by atoms with Gasteiger partial charge >= 0.3 is 0 Å². The predicted molar refractivity (Wildman–Crippen MR) is 94.1 cm³/mol. The average molecular weight is 358 g/mol. The minimum absolute atomic E-state index is 0.236. The molecule has 138 valence electrons. The number of rotatable bonds is 5. The van der Waals surface area contributed by atoms with E-state index in [1.165, 1.54) is 12.4 Å². The number of pyridine rings is 1. The molecular formula is C19H23FN4O2. The van der Waals surface area contributed by atoms with Gasteiger partial charge in [-0.3, -0.25) is 4.98 Å². The molecule has 0 N–H and O–H groups in total. The zero-order valence-electron chi connectivity index (χ0n) is 14.7. The van der Waals surface area contributed by atoms with E-state index in [1.807, 2.05) is 18.2 Å². The lowest BCUT2D eigenvalue weighted by Gasteiger charge is -2.44. The van der Waals surface area contributed by atoms with Gasteiger partial charge < -0.3 is 14.4 Å². The highest BCUT2D eigenvalue weighted by molar-refractivity contribution is 5.31. The van der Waals surface area contributed by atoms with Gasteiger partial charge in [-0.25, -0.2) is 14.4 Å². The predicted octanol–water partition coefficient (Wildman–Crippen LogP) is 2.60. The summed E-state index contributed by atoms with van der Waals surface area (Å²) in [6.45, 7) is 3.22. The van der Waals surface area contributed by atoms with Crippen LogP contribution in [-0.4, -0.2) is 46.9 Å². The van der Waals surface area contributed by atoms with Crippen LogP contribution in [0.1, 0.15) is 25.0 Å². The van der Waals surface area contributed by atoms with E-state index >= 15 is 0 Å². The summed E-state index contributed by atoms with van der Waals surface area (Å²) in [5.74, 6) is 0.474. The first-order valence-electron chi connectivity index (χ1n) is 9.09. The normalized spacial score (nSPS) is 25.7. The number of hydrogen-bond donors (Lipinski definition) is 0. The number of halogens is 1. The maximum Gasteiger partial charge on any atom is 0.225 e. The number of morpholine rings is 1. The second-order valence-corrected chi connectivity index (χ2v) is 6.96. The standard InChI is InChI=1S/C19H23FN4O2/c20-16-10-22-18(23-11-16)24-8-9-26-19(14-24)6-3-4-15(19)12-25-13-17-5-1-2-7-21-17/h1-2,5,7,10-11,15H,3-4,6,8-9,12-14H2/t15-,19-/m1/s1. The van der Waals surface area contributed by atoms with E-state index in [0.717, 1.165) is 38.0 Å². The molecule has 1 saturated carbocycles. The molecule has 0 radical (unpaired) electrons. The summed E-state index contributed by atoms with van der Waals surface area (Å²) in [7, 11) is 0. The van der Waals surface area contributed by atoms with E-state index in [2.05, 4.69) is 19.9 Å². The fraction of sp³-hybridized carbons (Fsp3) is 0.526. The number of ether oxygens (including phenoxy) is 2. The van der Waals surface area contributed by atoms with Crippen LogP contribution in [0, 0.1) is 11.7 Å². The number of nitrogens with zero attached hydrogens (tertiary/aromatic N) is 4. The molecule has 0 unspecified atom stereocenters. The molecule has 1 spiro atoms. The highest BCUT2D eigenvalue weighted by Gasteiger charge is 2.47. The Morgan fingerprint density at radius 2 is 2.15 bits per heavy atom. The second-order valence-electron chi connectivity index (χ2n) is 6.96. The van der Waals surface area contributed by atoms with Crippen molar-refractivity contribution < 1.29 is 13.9 Å². The van der Waals surface area contributed by atoms with Crippen molar-refractivity contribution in [2.75, 3.05) is 31.2 Å². The number of aromatic nitrogens is 3. The van der Waals surface area contributed by atoms with E-state index in [-0.39, 0.29) is 5.60 Å². The highest BCUT2D eigenvalue weighted by atomic mass is 19.1. The van der Waals surface area contributed by atoms with Crippen molar-refractivity contribution >= 4 is 5.95 Å². The van der Waals surface area contributed by atoms with Crippen LogP contribution in [0.15, 0.2) is 36.8 Å². The molecule has 2 aromatic heterocycles. The summed E-state index contributed by atoms with van der Waals surface area (Å²) < 4.78 is 25.3. The van der Waals surface area contributed by atoms with E-state index in [9.17, 15) is 4.39 Å². The third-order valence-corrected chi connectivity index (χ3v) is 5.29. The molecule has 2 aromatic rings. The van der Waals surface area contributed by atoms with E-state index in [4.69, 9.17) is 9.47 Å². The quantitative estimate of drug-likeness (QED) is 0.819. The largest absolute Gasteiger partial charge is 0.375 e. The maximum atomic E-state index is 13.1. The monoisotopic (exact) mass is 358 g/mol. The Morgan fingerprint density at radius 1 is 1.27 bits per heavy atom. The Labute approximate surface area is 152 Å². The molecule has 26 heavy (non-hydrogen) atoms. The molecule has 0 bridgehead atoms. The zero-order chi connectivity index (χ0) is 17.8. The first-order valence-corrected chi connectivity index (χ1v) is 9.09. The molecule has 2 fully saturated rings. The molecule has 6 nitrogen and oxygen atoms in total. The van der Waals surface area contributed by atoms with Gasteiger partial charge in [-0.15, -0.1) is 0 Å². The highest BCUT2D eigenvalue weighted by Crippen LogP contribution is 2.41. The molecule has 1 aliphatic carbocycles. The van der Waals surface area contributed by atoms with E-state index in [1.54, 1.807) is 6.20 Å². The minimum atomic E-state index is -0.418. The minimum Gasteiger partial charge on any atom is -0.375 e. The number of anilines is 1. The van der Waals surface area contributed by atoms with Crippen LogP contribution in [0.2, 0.25) is 0 Å². The van der Waals surface area contributed by atoms with Crippen molar-refractivity contribution in [1.82, 2.24) is 15.0 Å². The Hall–Kier alpha value is -2.12. The van der Waals surface area contributed by atoms with Gasteiger partial charge in [0.25, 0.3) is 0 Å². The van der Waals surface area contributed by atoms with Crippen LogP contribution < -0.4 is 4.90 Å². The second kappa shape index (κ2) is 7.63. The summed E-state index contributed by atoms with van der Waals surface area (Å²) in [5.41, 5.74) is 0.700. The lowest BCUT2D eigenvalue weighted by atomic mass is 9.89. The first-order chi connectivity index (χ1) is 12.8. The smallest absolute Gasteiger partial charge is 0.225 e. The lowest BCUT2D eigenvalue weighted by molar-refractivity contribution is -0.101. The number of hydrogen-bond acceptors (Lipinski definition) is 6. The molecule has 7 heteroatoms. The van der Waals surface area contributed by atoms with Gasteiger partial charge in [-0.05, 0) is 25.0 Å². The van der Waals surface area contributed by atoms with Gasteiger partial charge in [0.1, 0.15) is 0 Å². The summed E-state index contributed by atoms with van der Waals surface area (Å²) >= 11 is 0. The van der Waals surface area contributed by atoms with Crippen molar-refractivity contribution in [1.29, 1.82) is 0 Å². The van der Waals surface area contributed by atoms with Crippen molar-refractivity contribution in [3.8, 4) is 0 Å². The summed E-state index contributed by atoms with van der Waals surface area (Å²) in [6, 6.07) is 5.83. The van der Waals surface area contributed by atoms with Crippen LogP contribution in [0.5, 0.6) is 0 Å². The Bertz CT molecular complexity index is 715. The summed E-state index contributed by atoms with van der Waals surface area (Å²) in [5, 5.41) is 0. The molecule has 0 aromatic carbocycles. The van der Waals surface area contributed by atoms with Crippen molar-refractivity contribution in [2.45, 2.75) is 31.5 Å². The van der Waals surface area contributed by atoms with Crippen LogP contribution >= 0.6 is 0 Å². The van der Waals surface area contributed by atoms with Gasteiger partial charge in [0.15, 0.2) is 5.82 Å². The zero-order valence-corrected chi connectivity index (χ0v) is 14.7. The van der Waals surface area contributed by atoms with Gasteiger partial charge in [0.2, 0.25) is 5.95 Å². The van der Waals surface area contributed by atoms with E-state index < -0.39 is 5.82 Å². The molecule has 0 amide bonds. The molecule has 1 aliphatic heterocycles. The van der Waals surface area contributed by atoms with Crippen molar-refractivity contribution in [3.05, 3.63) is 48.3 Å². The molecule has 2 aliphatic rings. The molecule has 3 heterocycles. The lowest BCUT2D eigenvalue weighted by Crippen LogP contribution is -2.55. The Kier molecular flexibility index (Phi) is 5.08. The molecule has 2 atom stereocenters. The Balaban J connectivity index is 1.39. The van der Waals surface area contributed by atoms with Crippen molar-refractivity contribution in [2.24, 2.45) is 5.92 Å². The average Bonchev–Trinajstić information content (AvgIpc) is 3.05. The third-order valence-electron chi connectivity index (χ3n) is 5.29. The third kappa shape index (κ3) is 3.68. The van der Waals surface area contributed by atoms with Crippen molar-refractivity contribution in [3.63, 3.8) is 0 Å². The molecule has 4 rings (SSSR count). The fourth-order valence-electron chi connectivity index (χ4n) is 3.98. The first kappa shape index (κ1) is 17.3. The van der Waals surface area contributed by atoms with Gasteiger partial charge in [0, 0.05) is 18.7 Å². The molecular weight excluding hydrogens is 335 g/mol. The Morgan fingerprint density at radius 3 is 2.96 bits per heavy atom. The molecule has 1 saturated heterocycles. The van der Waals surface area contributed by atoms with Gasteiger partial charge in [0.05, 0.1) is 50.1 Å². The van der Waals surface area contributed by atoms with Crippen LogP contribution in [0.3, 0.4) is 0 Å². The van der Waals surface area contributed by atoms with Crippen LogP contribution in [0.4, 0.5) is 10.3 Å².